The minimum atomic E-state index is -0.234. The van der Waals surface area contributed by atoms with Crippen molar-refractivity contribution in [3.63, 3.8) is 0 Å². The number of piperidine rings is 1. The van der Waals surface area contributed by atoms with Crippen LogP contribution in [0.1, 0.15) is 25.3 Å². The number of carbonyl (C=O) groups is 2. The monoisotopic (exact) mass is 339 g/mol. The van der Waals surface area contributed by atoms with Crippen molar-refractivity contribution < 1.29 is 18.7 Å². The van der Waals surface area contributed by atoms with Gasteiger partial charge in [-0.2, -0.15) is 0 Å². The van der Waals surface area contributed by atoms with Crippen LogP contribution in [0.15, 0.2) is 24.3 Å². The van der Waals surface area contributed by atoms with Crippen LogP contribution in [-0.2, 0) is 20.1 Å². The molecule has 1 saturated heterocycles. The highest BCUT2D eigenvalue weighted by atomic mass is 32.2. The molecule has 0 unspecified atom stereocenters. The lowest BCUT2D eigenvalue weighted by atomic mass is 9.97. The van der Waals surface area contributed by atoms with Crippen molar-refractivity contribution >= 4 is 23.6 Å². The molecule has 23 heavy (non-hydrogen) atoms. The van der Waals surface area contributed by atoms with Gasteiger partial charge in [0.1, 0.15) is 5.82 Å². The van der Waals surface area contributed by atoms with Gasteiger partial charge in [-0.25, -0.2) is 4.39 Å². The summed E-state index contributed by atoms with van der Waals surface area (Å²) in [5, 5.41) is 0. The number of rotatable bonds is 6. The molecule has 0 radical (unpaired) electrons. The van der Waals surface area contributed by atoms with Crippen molar-refractivity contribution in [2.75, 3.05) is 25.4 Å². The topological polar surface area (TPSA) is 46.6 Å². The van der Waals surface area contributed by atoms with Gasteiger partial charge >= 0.3 is 5.97 Å². The van der Waals surface area contributed by atoms with Crippen LogP contribution in [0.3, 0.4) is 0 Å². The lowest BCUT2D eigenvalue weighted by Gasteiger charge is -2.30. The molecule has 0 spiro atoms. The van der Waals surface area contributed by atoms with Gasteiger partial charge < -0.3 is 9.64 Å². The van der Waals surface area contributed by atoms with Crippen molar-refractivity contribution in [3.05, 3.63) is 35.6 Å². The first-order valence-corrected chi connectivity index (χ1v) is 9.02. The molecular weight excluding hydrogens is 317 g/mol. The Hall–Kier alpha value is -1.56. The zero-order valence-electron chi connectivity index (χ0n) is 13.3. The predicted octanol–water partition coefficient (Wildman–Crippen LogP) is 2.86. The summed E-state index contributed by atoms with van der Waals surface area (Å²) in [6.45, 7) is 3.36. The molecule has 4 nitrogen and oxygen atoms in total. The van der Waals surface area contributed by atoms with Crippen molar-refractivity contribution in [3.8, 4) is 0 Å². The number of ether oxygens (including phenoxy) is 1. The molecule has 0 aliphatic carbocycles. The normalized spacial score (nSPS) is 15.5. The lowest BCUT2D eigenvalue weighted by Crippen LogP contribution is -2.41. The number of nitrogens with zero attached hydrogens (tertiary/aromatic N) is 1. The average molecular weight is 339 g/mol. The summed E-state index contributed by atoms with van der Waals surface area (Å²) >= 11 is 1.41. The van der Waals surface area contributed by atoms with Crippen molar-refractivity contribution in [1.82, 2.24) is 4.90 Å². The predicted molar refractivity (Wildman–Crippen MR) is 88.5 cm³/mol. The van der Waals surface area contributed by atoms with Crippen molar-refractivity contribution in [2.45, 2.75) is 25.5 Å². The number of hydrogen-bond acceptors (Lipinski definition) is 4. The third kappa shape index (κ3) is 5.23. The molecule has 1 aliphatic rings. The van der Waals surface area contributed by atoms with Gasteiger partial charge in [-0.05, 0) is 31.4 Å². The number of likely N-dealkylation sites (tertiary alicyclic amines) is 1. The van der Waals surface area contributed by atoms with E-state index in [-0.39, 0.29) is 23.6 Å². The summed E-state index contributed by atoms with van der Waals surface area (Å²) in [7, 11) is 0. The Morgan fingerprint density at radius 3 is 2.65 bits per heavy atom. The number of carbonyl (C=O) groups excluding carboxylic acids is 2. The van der Waals surface area contributed by atoms with Gasteiger partial charge in [0, 0.05) is 18.8 Å². The molecule has 0 N–H and O–H groups in total. The van der Waals surface area contributed by atoms with Gasteiger partial charge in [-0.1, -0.05) is 18.2 Å². The molecule has 1 heterocycles. The van der Waals surface area contributed by atoms with Gasteiger partial charge in [0.25, 0.3) is 0 Å². The highest BCUT2D eigenvalue weighted by molar-refractivity contribution is 7.99. The van der Waals surface area contributed by atoms with Crippen LogP contribution < -0.4 is 0 Å². The first-order valence-electron chi connectivity index (χ1n) is 7.87. The van der Waals surface area contributed by atoms with Gasteiger partial charge in [0.15, 0.2) is 0 Å². The number of esters is 1. The molecule has 126 valence electrons. The molecule has 1 amide bonds. The van der Waals surface area contributed by atoms with Gasteiger partial charge in [-0.15, -0.1) is 11.8 Å². The maximum Gasteiger partial charge on any atom is 0.309 e. The van der Waals surface area contributed by atoms with Gasteiger partial charge in [0.2, 0.25) is 5.91 Å². The Balaban J connectivity index is 1.71. The van der Waals surface area contributed by atoms with E-state index in [2.05, 4.69) is 0 Å². The second kappa shape index (κ2) is 8.91. The Labute approximate surface area is 140 Å². The van der Waals surface area contributed by atoms with E-state index in [1.54, 1.807) is 30.0 Å². The maximum absolute atomic E-state index is 13.5. The van der Waals surface area contributed by atoms with Crippen LogP contribution in [0, 0.1) is 11.7 Å². The van der Waals surface area contributed by atoms with E-state index in [9.17, 15) is 14.0 Å². The fraction of sp³-hybridized carbons (Fsp3) is 0.529. The van der Waals surface area contributed by atoms with E-state index in [4.69, 9.17) is 4.74 Å². The number of hydrogen-bond donors (Lipinski definition) is 0. The molecule has 1 aromatic carbocycles. The molecule has 0 bridgehead atoms. The van der Waals surface area contributed by atoms with E-state index in [1.165, 1.54) is 17.8 Å². The van der Waals surface area contributed by atoms with E-state index in [1.807, 2.05) is 0 Å². The number of halogens is 1. The fourth-order valence-corrected chi connectivity index (χ4v) is 3.49. The largest absolute Gasteiger partial charge is 0.466 e. The zero-order valence-corrected chi connectivity index (χ0v) is 14.1. The zero-order chi connectivity index (χ0) is 16.7. The number of thioether (sulfide) groups is 1. The average Bonchev–Trinajstić information content (AvgIpc) is 2.57. The van der Waals surface area contributed by atoms with Crippen LogP contribution in [0.4, 0.5) is 4.39 Å². The highest BCUT2D eigenvalue weighted by Gasteiger charge is 2.27. The van der Waals surface area contributed by atoms with Crippen LogP contribution in [0.25, 0.3) is 0 Å². The summed E-state index contributed by atoms with van der Waals surface area (Å²) in [4.78, 5) is 25.6. The van der Waals surface area contributed by atoms with E-state index in [0.717, 1.165) is 0 Å². The summed E-state index contributed by atoms with van der Waals surface area (Å²) in [5.74, 6) is 0.380. The minimum absolute atomic E-state index is 0.0497. The van der Waals surface area contributed by atoms with Crippen LogP contribution in [0.2, 0.25) is 0 Å². The standard InChI is InChI=1S/C17H22FNO3S/c1-2-22-17(21)13-7-9-19(10-8-13)16(20)12-23-11-14-5-3-4-6-15(14)18/h3-6,13H,2,7-12H2,1H3. The second-order valence-electron chi connectivity index (χ2n) is 5.49. The van der Waals surface area contributed by atoms with Gasteiger partial charge in [-0.3, -0.25) is 9.59 Å². The summed E-state index contributed by atoms with van der Waals surface area (Å²) in [6, 6.07) is 6.61. The number of amides is 1. The summed E-state index contributed by atoms with van der Waals surface area (Å²) < 4.78 is 18.5. The van der Waals surface area contributed by atoms with Gasteiger partial charge in [0.05, 0.1) is 18.3 Å². The SMILES string of the molecule is CCOC(=O)C1CCN(C(=O)CSCc2ccccc2F)CC1. The van der Waals surface area contributed by atoms with Crippen molar-refractivity contribution in [2.24, 2.45) is 5.92 Å². The molecule has 1 aromatic rings. The smallest absolute Gasteiger partial charge is 0.309 e. The minimum Gasteiger partial charge on any atom is -0.466 e. The summed E-state index contributed by atoms with van der Waals surface area (Å²) in [5.41, 5.74) is 0.617. The number of benzene rings is 1. The molecule has 0 saturated carbocycles. The summed E-state index contributed by atoms with van der Waals surface area (Å²) in [6.07, 6.45) is 1.31. The Kier molecular flexibility index (Phi) is 6.89. The quantitative estimate of drug-likeness (QED) is 0.748. The molecule has 0 atom stereocenters. The maximum atomic E-state index is 13.5. The molecular formula is C17H22FNO3S. The Morgan fingerprint density at radius 1 is 1.30 bits per heavy atom. The molecule has 2 rings (SSSR count). The molecule has 1 fully saturated rings. The molecule has 0 aromatic heterocycles. The molecule has 6 heteroatoms. The third-order valence-corrected chi connectivity index (χ3v) is 4.87. The van der Waals surface area contributed by atoms with Crippen molar-refractivity contribution in [1.29, 1.82) is 0 Å². The van der Waals surface area contributed by atoms with Crippen LogP contribution >= 0.6 is 11.8 Å². The van der Waals surface area contributed by atoms with E-state index in [0.29, 0.717) is 49.6 Å². The molecule has 1 aliphatic heterocycles. The van der Waals surface area contributed by atoms with Crippen LogP contribution in [0.5, 0.6) is 0 Å². The van der Waals surface area contributed by atoms with E-state index >= 15 is 0 Å². The highest BCUT2D eigenvalue weighted by Crippen LogP contribution is 2.21. The fourth-order valence-electron chi connectivity index (χ4n) is 2.58. The lowest BCUT2D eigenvalue weighted by molar-refractivity contribution is -0.151. The van der Waals surface area contributed by atoms with E-state index < -0.39 is 0 Å². The third-order valence-electron chi connectivity index (χ3n) is 3.91. The Morgan fingerprint density at radius 2 is 2.00 bits per heavy atom. The second-order valence-corrected chi connectivity index (χ2v) is 6.48. The first kappa shape index (κ1) is 17.8. The Bertz CT molecular complexity index is 544. The van der Waals surface area contributed by atoms with Crippen LogP contribution in [-0.4, -0.2) is 42.2 Å². The first-order chi connectivity index (χ1) is 11.1.